The second-order valence-corrected chi connectivity index (χ2v) is 5.76. The number of benzene rings is 1. The quantitative estimate of drug-likeness (QED) is 0.355. The van der Waals surface area contributed by atoms with E-state index in [0.29, 0.717) is 5.69 Å². The van der Waals surface area contributed by atoms with Crippen molar-refractivity contribution in [3.05, 3.63) is 40.1 Å². The lowest BCUT2D eigenvalue weighted by molar-refractivity contribution is -0.384. The summed E-state index contributed by atoms with van der Waals surface area (Å²) in [4.78, 5) is 22.5. The molecular formula is C17H20N4O4. The minimum absolute atomic E-state index is 0.0639. The zero-order chi connectivity index (χ0) is 18.2. The summed E-state index contributed by atoms with van der Waals surface area (Å²) in [6.07, 6.45) is 6.46. The molecule has 0 heterocycles. The average Bonchev–Trinajstić information content (AvgIpc) is 2.63. The van der Waals surface area contributed by atoms with Gasteiger partial charge in [-0.15, -0.1) is 0 Å². The van der Waals surface area contributed by atoms with Crippen LogP contribution in [-0.4, -0.2) is 24.0 Å². The molecular weight excluding hydrogens is 324 g/mol. The molecule has 1 aromatic rings. The number of non-ortho nitro benzene ring substituents is 1. The van der Waals surface area contributed by atoms with Gasteiger partial charge in [-0.05, 0) is 18.9 Å². The van der Waals surface area contributed by atoms with Gasteiger partial charge in [0.1, 0.15) is 17.4 Å². The third-order valence-corrected chi connectivity index (χ3v) is 4.07. The van der Waals surface area contributed by atoms with Crippen LogP contribution in [0.4, 0.5) is 11.4 Å². The number of nitriles is 1. The molecule has 0 bridgehead atoms. The van der Waals surface area contributed by atoms with E-state index < -0.39 is 10.8 Å². The number of nitro groups is 1. The van der Waals surface area contributed by atoms with Gasteiger partial charge in [0.15, 0.2) is 0 Å². The summed E-state index contributed by atoms with van der Waals surface area (Å²) < 4.78 is 5.10. The Balaban J connectivity index is 2.08. The summed E-state index contributed by atoms with van der Waals surface area (Å²) in [7, 11) is 1.38. The summed E-state index contributed by atoms with van der Waals surface area (Å²) in [6.45, 7) is 0. The lowest BCUT2D eigenvalue weighted by Crippen LogP contribution is -2.37. The van der Waals surface area contributed by atoms with E-state index in [1.54, 1.807) is 0 Å². The smallest absolute Gasteiger partial charge is 0.273 e. The maximum absolute atomic E-state index is 12.2. The predicted octanol–water partition coefficient (Wildman–Crippen LogP) is 2.87. The molecule has 1 fully saturated rings. The van der Waals surface area contributed by atoms with Crippen molar-refractivity contribution in [3.8, 4) is 11.8 Å². The molecule has 0 atom stereocenters. The van der Waals surface area contributed by atoms with Gasteiger partial charge in [0.05, 0.1) is 23.8 Å². The monoisotopic (exact) mass is 344 g/mol. The van der Waals surface area contributed by atoms with Crippen molar-refractivity contribution in [2.75, 3.05) is 12.4 Å². The van der Waals surface area contributed by atoms with Crippen molar-refractivity contribution in [2.45, 2.75) is 38.1 Å². The molecule has 25 heavy (non-hydrogen) atoms. The van der Waals surface area contributed by atoms with E-state index >= 15 is 0 Å². The molecule has 1 amide bonds. The fraction of sp³-hybridized carbons (Fsp3) is 0.412. The highest BCUT2D eigenvalue weighted by molar-refractivity contribution is 5.97. The van der Waals surface area contributed by atoms with Crippen LogP contribution >= 0.6 is 0 Å². The number of nitrogens with zero attached hydrogens (tertiary/aromatic N) is 2. The Morgan fingerprint density at radius 1 is 1.40 bits per heavy atom. The first-order valence-corrected chi connectivity index (χ1v) is 8.05. The van der Waals surface area contributed by atoms with Crippen LogP contribution in [0.2, 0.25) is 0 Å². The van der Waals surface area contributed by atoms with Gasteiger partial charge in [0.2, 0.25) is 0 Å². The largest absolute Gasteiger partial charge is 0.494 e. The molecule has 1 saturated carbocycles. The second-order valence-electron chi connectivity index (χ2n) is 5.76. The van der Waals surface area contributed by atoms with Crippen molar-refractivity contribution >= 4 is 17.3 Å². The normalized spacial score (nSPS) is 15.1. The third-order valence-electron chi connectivity index (χ3n) is 4.07. The lowest BCUT2D eigenvalue weighted by Gasteiger charge is -2.22. The molecule has 132 valence electrons. The molecule has 2 rings (SSSR count). The van der Waals surface area contributed by atoms with Crippen molar-refractivity contribution in [1.82, 2.24) is 5.32 Å². The molecule has 0 aromatic heterocycles. The first kappa shape index (κ1) is 18.3. The Hall–Kier alpha value is -3.08. The fourth-order valence-electron chi connectivity index (χ4n) is 2.72. The number of ether oxygens (including phenoxy) is 1. The molecule has 1 aliphatic carbocycles. The Kier molecular flexibility index (Phi) is 6.34. The number of rotatable bonds is 6. The van der Waals surface area contributed by atoms with Crippen LogP contribution in [0, 0.1) is 21.4 Å². The maximum atomic E-state index is 12.2. The van der Waals surface area contributed by atoms with Gasteiger partial charge in [0, 0.05) is 18.3 Å². The van der Waals surface area contributed by atoms with Crippen LogP contribution in [0.1, 0.15) is 32.1 Å². The number of anilines is 1. The van der Waals surface area contributed by atoms with Crippen LogP contribution < -0.4 is 15.4 Å². The topological polar surface area (TPSA) is 117 Å². The van der Waals surface area contributed by atoms with Crippen LogP contribution in [-0.2, 0) is 4.79 Å². The summed E-state index contributed by atoms with van der Waals surface area (Å²) >= 11 is 0. The Labute approximate surface area is 145 Å². The molecule has 1 aliphatic rings. The average molecular weight is 344 g/mol. The second kappa shape index (κ2) is 8.68. The van der Waals surface area contributed by atoms with E-state index in [1.807, 2.05) is 6.07 Å². The van der Waals surface area contributed by atoms with Crippen molar-refractivity contribution < 1.29 is 14.5 Å². The molecule has 1 aromatic carbocycles. The Morgan fingerprint density at radius 3 is 2.72 bits per heavy atom. The number of carbonyl (C=O) groups excluding carboxylic acids is 1. The molecule has 0 unspecified atom stereocenters. The SMILES string of the molecule is COc1cc([N+](=O)[O-])ccc1N/C=C(/C#N)C(=O)NC1CCCCC1. The highest BCUT2D eigenvalue weighted by Gasteiger charge is 2.18. The molecule has 8 heteroatoms. The number of hydrogen-bond donors (Lipinski definition) is 2. The van der Waals surface area contributed by atoms with Gasteiger partial charge in [-0.25, -0.2) is 0 Å². The number of carbonyl (C=O) groups is 1. The molecule has 0 spiro atoms. The van der Waals surface area contributed by atoms with E-state index in [2.05, 4.69) is 10.6 Å². The minimum atomic E-state index is -0.527. The highest BCUT2D eigenvalue weighted by Crippen LogP contribution is 2.29. The molecule has 0 saturated heterocycles. The van der Waals surface area contributed by atoms with Gasteiger partial charge in [0.25, 0.3) is 11.6 Å². The molecule has 2 N–H and O–H groups in total. The number of hydrogen-bond acceptors (Lipinski definition) is 6. The fourth-order valence-corrected chi connectivity index (χ4v) is 2.72. The van der Waals surface area contributed by atoms with Gasteiger partial charge in [-0.2, -0.15) is 5.26 Å². The van der Waals surface area contributed by atoms with Crippen LogP contribution in [0.5, 0.6) is 5.75 Å². The van der Waals surface area contributed by atoms with Crippen molar-refractivity contribution in [3.63, 3.8) is 0 Å². The van der Waals surface area contributed by atoms with E-state index in [9.17, 15) is 20.2 Å². The van der Waals surface area contributed by atoms with Crippen LogP contribution in [0.25, 0.3) is 0 Å². The zero-order valence-electron chi connectivity index (χ0n) is 13.9. The summed E-state index contributed by atoms with van der Waals surface area (Å²) in [5.41, 5.74) is 0.249. The van der Waals surface area contributed by atoms with E-state index in [-0.39, 0.29) is 23.1 Å². The molecule has 0 radical (unpaired) electrons. The summed E-state index contributed by atoms with van der Waals surface area (Å²) in [5, 5.41) is 25.7. The Morgan fingerprint density at radius 2 is 2.12 bits per heavy atom. The number of amides is 1. The zero-order valence-corrected chi connectivity index (χ0v) is 13.9. The number of methoxy groups -OCH3 is 1. The minimum Gasteiger partial charge on any atom is -0.494 e. The third kappa shape index (κ3) is 4.94. The van der Waals surface area contributed by atoms with Gasteiger partial charge in [-0.3, -0.25) is 14.9 Å². The standard InChI is InChI=1S/C17H20N4O4/c1-25-16-9-14(21(23)24)7-8-15(16)19-11-12(10-18)17(22)20-13-5-3-2-4-6-13/h7-9,11,13,19H,2-6H2,1H3,(H,20,22)/b12-11-. The summed E-state index contributed by atoms with van der Waals surface area (Å²) in [5.74, 6) is -0.182. The van der Waals surface area contributed by atoms with Gasteiger partial charge >= 0.3 is 0 Å². The van der Waals surface area contributed by atoms with E-state index in [0.717, 1.165) is 25.7 Å². The first-order chi connectivity index (χ1) is 12.0. The molecule has 0 aliphatic heterocycles. The van der Waals surface area contributed by atoms with Crippen LogP contribution in [0.15, 0.2) is 30.0 Å². The van der Waals surface area contributed by atoms with E-state index in [4.69, 9.17) is 4.74 Å². The van der Waals surface area contributed by atoms with Gasteiger partial charge in [-0.1, -0.05) is 19.3 Å². The van der Waals surface area contributed by atoms with E-state index in [1.165, 1.54) is 37.9 Å². The number of nitrogens with one attached hydrogen (secondary N) is 2. The summed E-state index contributed by atoms with van der Waals surface area (Å²) in [6, 6.07) is 6.01. The lowest BCUT2D eigenvalue weighted by atomic mass is 9.95. The van der Waals surface area contributed by atoms with Crippen LogP contribution in [0.3, 0.4) is 0 Å². The van der Waals surface area contributed by atoms with Gasteiger partial charge < -0.3 is 15.4 Å². The molecule has 8 nitrogen and oxygen atoms in total. The first-order valence-electron chi connectivity index (χ1n) is 8.05. The van der Waals surface area contributed by atoms with Crippen molar-refractivity contribution in [2.24, 2.45) is 0 Å². The number of nitro benzene ring substituents is 1. The van der Waals surface area contributed by atoms with Crippen molar-refractivity contribution in [1.29, 1.82) is 5.26 Å². The predicted molar refractivity (Wildman–Crippen MR) is 92.0 cm³/mol. The Bertz CT molecular complexity index is 718. The highest BCUT2D eigenvalue weighted by atomic mass is 16.6. The maximum Gasteiger partial charge on any atom is 0.273 e.